The Morgan fingerprint density at radius 1 is 1.22 bits per heavy atom. The zero-order valence-corrected chi connectivity index (χ0v) is 24.4. The average Bonchev–Trinajstić information content (AvgIpc) is 3.82. The number of sulfonamides is 1. The lowest BCUT2D eigenvalue weighted by Gasteiger charge is -2.33. The van der Waals surface area contributed by atoms with E-state index in [1.54, 1.807) is 6.08 Å². The van der Waals surface area contributed by atoms with Gasteiger partial charge in [0.05, 0.1) is 18.0 Å². The number of amides is 4. The summed E-state index contributed by atoms with van der Waals surface area (Å²) in [6.07, 6.45) is 3.59. The van der Waals surface area contributed by atoms with Crippen molar-refractivity contribution in [3.05, 3.63) is 25.3 Å². The van der Waals surface area contributed by atoms with Gasteiger partial charge in [-0.05, 0) is 44.4 Å². The van der Waals surface area contributed by atoms with Crippen LogP contribution in [-0.2, 0) is 29.1 Å². The Kier molecular flexibility index (Phi) is 10.6. The molecule has 0 spiro atoms. The minimum atomic E-state index is -3.87. The summed E-state index contributed by atoms with van der Waals surface area (Å²) in [6, 6.07) is -2.48. The second kappa shape index (κ2) is 13.3. The molecule has 14 heteroatoms. The number of hydrogen-bond acceptors (Lipinski definition) is 8. The van der Waals surface area contributed by atoms with Gasteiger partial charge in [0.25, 0.3) is 5.91 Å². The SMILES string of the molecule is C=CCCC(C)C[C@@H](COC)[C@H](NC(=O)O)C(=O)N1C[C@H](O)C[C@H]1C(=O)N[C@]1(C(=O)NS(=O)(=O)C2CC2)C[C@H]1C=C. The molecule has 41 heavy (non-hydrogen) atoms. The van der Waals surface area contributed by atoms with Gasteiger partial charge in [-0.15, -0.1) is 13.2 Å². The lowest BCUT2D eigenvalue weighted by molar-refractivity contribution is -0.142. The van der Waals surface area contributed by atoms with Crippen LogP contribution >= 0.6 is 0 Å². The molecular formula is C27H42N4O9S. The number of methoxy groups -OCH3 is 1. The number of rotatable bonds is 16. The fraction of sp³-hybridized carbons (Fsp3) is 0.704. The number of nitrogens with zero attached hydrogens (tertiary/aromatic N) is 1. The van der Waals surface area contributed by atoms with E-state index in [4.69, 9.17) is 4.74 Å². The largest absolute Gasteiger partial charge is 0.465 e. The first-order valence-electron chi connectivity index (χ1n) is 13.9. The number of carbonyl (C=O) groups excluding carboxylic acids is 3. The van der Waals surface area contributed by atoms with E-state index in [9.17, 15) is 37.8 Å². The van der Waals surface area contributed by atoms with Gasteiger partial charge in [-0.3, -0.25) is 19.1 Å². The van der Waals surface area contributed by atoms with Crippen molar-refractivity contribution in [1.29, 1.82) is 0 Å². The van der Waals surface area contributed by atoms with Gasteiger partial charge in [0, 0.05) is 31.9 Å². The second-order valence-electron chi connectivity index (χ2n) is 11.4. The van der Waals surface area contributed by atoms with Gasteiger partial charge in [-0.25, -0.2) is 13.2 Å². The number of aliphatic hydroxyl groups excluding tert-OH is 1. The lowest BCUT2D eigenvalue weighted by atomic mass is 9.87. The van der Waals surface area contributed by atoms with Crippen molar-refractivity contribution in [2.24, 2.45) is 17.8 Å². The normalized spacial score (nSPS) is 27.7. The van der Waals surface area contributed by atoms with Crippen LogP contribution in [0.1, 0.15) is 51.9 Å². The molecule has 0 aromatic rings. The molecule has 0 aromatic carbocycles. The predicted molar refractivity (Wildman–Crippen MR) is 149 cm³/mol. The fourth-order valence-corrected chi connectivity index (χ4v) is 6.93. The molecule has 0 aromatic heterocycles. The van der Waals surface area contributed by atoms with Gasteiger partial charge in [0.15, 0.2) is 0 Å². The lowest BCUT2D eigenvalue weighted by Crippen LogP contribution is -2.59. The molecule has 3 fully saturated rings. The van der Waals surface area contributed by atoms with Crippen LogP contribution in [0.15, 0.2) is 25.3 Å². The summed E-state index contributed by atoms with van der Waals surface area (Å²) in [5.74, 6) is -3.32. The predicted octanol–water partition coefficient (Wildman–Crippen LogP) is 0.509. The Morgan fingerprint density at radius 2 is 1.90 bits per heavy atom. The van der Waals surface area contributed by atoms with Gasteiger partial charge >= 0.3 is 6.09 Å². The van der Waals surface area contributed by atoms with Crippen LogP contribution in [-0.4, -0.2) is 96.6 Å². The number of allylic oxidation sites excluding steroid dienone is 1. The molecule has 0 radical (unpaired) electrons. The van der Waals surface area contributed by atoms with Gasteiger partial charge < -0.3 is 30.5 Å². The van der Waals surface area contributed by atoms with E-state index >= 15 is 0 Å². The van der Waals surface area contributed by atoms with E-state index in [1.165, 1.54) is 13.2 Å². The van der Waals surface area contributed by atoms with Crippen molar-refractivity contribution in [3.63, 3.8) is 0 Å². The molecule has 2 aliphatic carbocycles. The Hall–Kier alpha value is -2.97. The molecule has 4 amide bonds. The molecule has 7 atom stereocenters. The molecular weight excluding hydrogens is 556 g/mol. The summed E-state index contributed by atoms with van der Waals surface area (Å²) in [6.45, 7) is 9.21. The number of hydrogen-bond donors (Lipinski definition) is 5. The van der Waals surface area contributed by atoms with E-state index < -0.39 is 74.7 Å². The van der Waals surface area contributed by atoms with E-state index in [2.05, 4.69) is 28.5 Å². The molecule has 230 valence electrons. The first kappa shape index (κ1) is 32.5. The third-order valence-electron chi connectivity index (χ3n) is 8.08. The third-order valence-corrected chi connectivity index (χ3v) is 9.90. The molecule has 5 N–H and O–H groups in total. The number of carboxylic acid groups (broad SMARTS) is 1. The van der Waals surface area contributed by atoms with Crippen LogP contribution in [0.25, 0.3) is 0 Å². The standard InChI is InChI=1S/C27H42N4O9S/c1-5-7-8-16(3)11-17(15-40-4)22(28-26(36)37)24(34)31-14-19(32)12-21(31)23(33)29-27(13-18(27)6-2)25(35)30-41(38,39)20-9-10-20/h5-6,16-22,28,32H,1-2,7-15H2,3-4H3,(H,29,33)(H,30,35)(H,36,37)/t16?,17-,18+,19+,21-,22-,27+/m0/s1. The molecule has 1 unspecified atom stereocenters. The third kappa shape index (κ3) is 7.86. The molecule has 1 saturated heterocycles. The Labute approximate surface area is 240 Å². The molecule has 1 aliphatic heterocycles. The number of nitrogens with one attached hydrogen (secondary N) is 3. The van der Waals surface area contributed by atoms with Crippen molar-refractivity contribution in [2.45, 2.75) is 80.8 Å². The van der Waals surface area contributed by atoms with E-state index in [1.807, 2.05) is 6.92 Å². The first-order valence-corrected chi connectivity index (χ1v) is 15.4. The number of ether oxygens (including phenoxy) is 1. The van der Waals surface area contributed by atoms with Crippen LogP contribution in [0.4, 0.5) is 4.79 Å². The summed E-state index contributed by atoms with van der Waals surface area (Å²) in [7, 11) is -2.43. The van der Waals surface area contributed by atoms with Crippen LogP contribution < -0.4 is 15.4 Å². The smallest absolute Gasteiger partial charge is 0.405 e. The summed E-state index contributed by atoms with van der Waals surface area (Å²) in [5, 5.41) is 24.2. The van der Waals surface area contributed by atoms with E-state index in [0.29, 0.717) is 19.3 Å². The van der Waals surface area contributed by atoms with E-state index in [-0.39, 0.29) is 31.9 Å². The topological polar surface area (TPSA) is 191 Å². The van der Waals surface area contributed by atoms with Crippen LogP contribution in [0, 0.1) is 17.8 Å². The van der Waals surface area contributed by atoms with Crippen LogP contribution in [0.5, 0.6) is 0 Å². The van der Waals surface area contributed by atoms with Gasteiger partial charge in [-0.1, -0.05) is 19.1 Å². The summed E-state index contributed by atoms with van der Waals surface area (Å²) in [5.41, 5.74) is -1.55. The molecule has 0 bridgehead atoms. The highest BCUT2D eigenvalue weighted by Gasteiger charge is 2.62. The van der Waals surface area contributed by atoms with Crippen molar-refractivity contribution in [2.75, 3.05) is 20.3 Å². The summed E-state index contributed by atoms with van der Waals surface area (Å²) >= 11 is 0. The number of β-amino-alcohol motifs (C(OH)–C–C–N with tert-alkyl or cyclic N) is 1. The zero-order valence-electron chi connectivity index (χ0n) is 23.6. The Morgan fingerprint density at radius 3 is 2.44 bits per heavy atom. The maximum Gasteiger partial charge on any atom is 0.405 e. The molecule has 2 saturated carbocycles. The average molecular weight is 599 g/mol. The highest BCUT2D eigenvalue weighted by molar-refractivity contribution is 7.91. The molecule has 13 nitrogen and oxygen atoms in total. The van der Waals surface area contributed by atoms with Crippen molar-refractivity contribution < 1.29 is 42.5 Å². The Balaban J connectivity index is 1.81. The quantitative estimate of drug-likeness (QED) is 0.158. The minimum Gasteiger partial charge on any atom is -0.465 e. The number of aliphatic hydroxyl groups is 1. The molecule has 3 rings (SSSR count). The van der Waals surface area contributed by atoms with Crippen molar-refractivity contribution >= 4 is 33.8 Å². The maximum atomic E-state index is 13.8. The fourth-order valence-electron chi connectivity index (χ4n) is 5.57. The second-order valence-corrected chi connectivity index (χ2v) is 13.4. The monoisotopic (exact) mass is 598 g/mol. The zero-order chi connectivity index (χ0) is 30.5. The van der Waals surface area contributed by atoms with Gasteiger partial charge in [-0.2, -0.15) is 0 Å². The summed E-state index contributed by atoms with van der Waals surface area (Å²) < 4.78 is 32.2. The van der Waals surface area contributed by atoms with Gasteiger partial charge in [0.1, 0.15) is 17.6 Å². The number of carbonyl (C=O) groups is 4. The van der Waals surface area contributed by atoms with Crippen LogP contribution in [0.2, 0.25) is 0 Å². The highest BCUT2D eigenvalue weighted by Crippen LogP contribution is 2.45. The Bertz CT molecular complexity index is 1140. The first-order chi connectivity index (χ1) is 19.3. The molecule has 3 aliphatic rings. The van der Waals surface area contributed by atoms with E-state index in [0.717, 1.165) is 17.7 Å². The van der Waals surface area contributed by atoms with Crippen molar-refractivity contribution in [3.8, 4) is 0 Å². The van der Waals surface area contributed by atoms with Crippen LogP contribution in [0.3, 0.4) is 0 Å². The minimum absolute atomic E-state index is 0.0716. The van der Waals surface area contributed by atoms with Gasteiger partial charge in [0.2, 0.25) is 21.8 Å². The molecule has 1 heterocycles. The summed E-state index contributed by atoms with van der Waals surface area (Å²) in [4.78, 5) is 53.2. The highest BCUT2D eigenvalue weighted by atomic mass is 32.2. The van der Waals surface area contributed by atoms with Crippen molar-refractivity contribution in [1.82, 2.24) is 20.3 Å². The maximum absolute atomic E-state index is 13.8. The number of likely N-dealkylation sites (tertiary alicyclic amines) is 1.